The monoisotopic (exact) mass is 686 g/mol. The molecule has 2 aliphatic rings. The number of rotatable bonds is 4. The Labute approximate surface area is 252 Å². The lowest BCUT2D eigenvalue weighted by Gasteiger charge is -2.33. The third-order valence-electron chi connectivity index (χ3n) is 5.68. The van der Waals surface area contributed by atoms with Crippen molar-refractivity contribution in [3.63, 3.8) is 0 Å². The van der Waals surface area contributed by atoms with Crippen LogP contribution in [0.25, 0.3) is 0 Å². The fourth-order valence-electron chi connectivity index (χ4n) is 3.40. The van der Waals surface area contributed by atoms with E-state index in [2.05, 4.69) is 32.1 Å². The predicted octanol–water partition coefficient (Wildman–Crippen LogP) is 3.23. The van der Waals surface area contributed by atoms with Crippen LogP contribution in [0.5, 0.6) is 0 Å². The second-order valence-electron chi connectivity index (χ2n) is 9.09. The van der Waals surface area contributed by atoms with Gasteiger partial charge in [0.1, 0.15) is 5.01 Å². The molecule has 22 heteroatoms. The summed E-state index contributed by atoms with van der Waals surface area (Å²) in [6.45, 7) is 5.07. The number of nitrogens with zero attached hydrogens (tertiary/aromatic N) is 5. The summed E-state index contributed by atoms with van der Waals surface area (Å²) < 4.78 is 95.2. The number of aryl methyl sites for hydroxylation is 1. The van der Waals surface area contributed by atoms with Crippen LogP contribution in [0, 0.1) is 0 Å². The van der Waals surface area contributed by atoms with Gasteiger partial charge in [-0.3, -0.25) is 0 Å². The average Bonchev–Trinajstić information content (AvgIpc) is 3.45. The highest BCUT2D eigenvalue weighted by Gasteiger charge is 2.39. The van der Waals surface area contributed by atoms with Crippen molar-refractivity contribution >= 4 is 35.2 Å². The third kappa shape index (κ3) is 15.2. The van der Waals surface area contributed by atoms with E-state index >= 15 is 0 Å². The summed E-state index contributed by atoms with van der Waals surface area (Å²) in [6, 6.07) is 0.500. The number of nitrogens with one attached hydrogen (secondary N) is 1. The molecule has 1 aliphatic carbocycles. The molecule has 0 amide bonds. The number of piperazine rings is 1. The number of carboxylic acid groups (broad SMARTS) is 3. The summed E-state index contributed by atoms with van der Waals surface area (Å²) in [5.41, 5.74) is 2.54. The molecule has 1 aliphatic heterocycles. The van der Waals surface area contributed by atoms with E-state index in [4.69, 9.17) is 34.7 Å². The van der Waals surface area contributed by atoms with E-state index in [9.17, 15) is 39.5 Å². The zero-order chi connectivity index (χ0) is 34.6. The molecule has 0 aromatic carbocycles. The van der Waals surface area contributed by atoms with Gasteiger partial charge in [-0.15, -0.1) is 11.3 Å². The molecule has 1 atom stereocenters. The minimum absolute atomic E-state index is 0.500. The number of carboxylic acids is 3. The lowest BCUT2D eigenvalue weighted by Crippen LogP contribution is -2.45. The number of aromatic nitrogens is 3. The van der Waals surface area contributed by atoms with E-state index in [1.807, 2.05) is 17.8 Å². The van der Waals surface area contributed by atoms with Gasteiger partial charge in [-0.25, -0.2) is 29.3 Å². The third-order valence-corrected chi connectivity index (χ3v) is 6.46. The van der Waals surface area contributed by atoms with E-state index in [0.717, 1.165) is 62.9 Å². The first-order valence-electron chi connectivity index (χ1n) is 12.4. The Morgan fingerprint density at radius 2 is 1.38 bits per heavy atom. The van der Waals surface area contributed by atoms with Gasteiger partial charge in [-0.1, -0.05) is 0 Å². The topological polar surface area (TPSA) is 169 Å². The second kappa shape index (κ2) is 17.1. The number of fused-ring (bicyclic) bond motifs is 1. The Morgan fingerprint density at radius 1 is 0.889 bits per heavy atom. The van der Waals surface area contributed by atoms with Crippen molar-refractivity contribution in [3.8, 4) is 0 Å². The highest BCUT2D eigenvalue weighted by atomic mass is 32.1. The average molecular weight is 687 g/mol. The van der Waals surface area contributed by atoms with Gasteiger partial charge in [-0.2, -0.15) is 39.5 Å². The SMILES string of the molecule is CN1CCN(c2ncc3c(n2)CCC(NCc2nccs2)C3)CC1.O=C(O)C(F)(F)F.O=C(O)C(F)(F)F.O=C(O)C(F)(F)F. The maximum atomic E-state index is 10.6. The number of carbonyl (C=O) groups is 3. The highest BCUT2D eigenvalue weighted by molar-refractivity contribution is 7.09. The molecule has 254 valence electrons. The maximum absolute atomic E-state index is 10.6. The van der Waals surface area contributed by atoms with Crippen molar-refractivity contribution in [2.45, 2.75) is 50.4 Å². The molecule has 4 rings (SSSR count). The first kappa shape index (κ1) is 39.2. The maximum Gasteiger partial charge on any atom is 0.490 e. The number of anilines is 1. The molecule has 0 spiro atoms. The molecule has 2 aromatic heterocycles. The molecule has 1 fully saturated rings. The molecule has 0 saturated carbocycles. The quantitative estimate of drug-likeness (QED) is 0.347. The number of halogens is 9. The Morgan fingerprint density at radius 3 is 1.80 bits per heavy atom. The first-order chi connectivity index (χ1) is 20.6. The summed E-state index contributed by atoms with van der Waals surface area (Å²) in [5.74, 6) is -7.36. The van der Waals surface area contributed by atoms with Gasteiger partial charge < -0.3 is 30.4 Å². The molecule has 12 nitrogen and oxygen atoms in total. The van der Waals surface area contributed by atoms with Crippen LogP contribution >= 0.6 is 11.3 Å². The summed E-state index contributed by atoms with van der Waals surface area (Å²) in [5, 5.41) is 28.2. The number of likely N-dealkylation sites (N-methyl/N-ethyl adjacent to an activating group) is 1. The number of hydrogen-bond donors (Lipinski definition) is 4. The van der Waals surface area contributed by atoms with Crippen molar-refractivity contribution in [1.82, 2.24) is 25.2 Å². The number of thiazole rings is 1. The van der Waals surface area contributed by atoms with E-state index in [1.165, 1.54) is 11.3 Å². The van der Waals surface area contributed by atoms with E-state index in [1.54, 1.807) is 11.3 Å². The predicted molar refractivity (Wildman–Crippen MR) is 138 cm³/mol. The summed E-state index contributed by atoms with van der Waals surface area (Å²) in [6.07, 6.45) is -8.14. The van der Waals surface area contributed by atoms with Crippen molar-refractivity contribution in [1.29, 1.82) is 0 Å². The zero-order valence-corrected chi connectivity index (χ0v) is 23.9. The fraction of sp³-hybridized carbons (Fsp3) is 0.565. The van der Waals surface area contributed by atoms with Crippen LogP contribution in [0.3, 0.4) is 0 Å². The molecule has 0 bridgehead atoms. The summed E-state index contributed by atoms with van der Waals surface area (Å²) in [4.78, 5) is 45.2. The molecular weight excluding hydrogens is 659 g/mol. The Hall–Kier alpha value is -3.79. The van der Waals surface area contributed by atoms with Crippen LogP contribution in [0.15, 0.2) is 17.8 Å². The fourth-order valence-corrected chi connectivity index (χ4v) is 3.97. The normalized spacial score (nSPS) is 16.8. The molecule has 0 radical (unpaired) electrons. The summed E-state index contributed by atoms with van der Waals surface area (Å²) in [7, 11) is 2.17. The van der Waals surface area contributed by atoms with Crippen LogP contribution in [0.2, 0.25) is 0 Å². The lowest BCUT2D eigenvalue weighted by molar-refractivity contribution is -0.193. The largest absolute Gasteiger partial charge is 0.490 e. The van der Waals surface area contributed by atoms with Crippen molar-refractivity contribution in [2.75, 3.05) is 38.1 Å². The Bertz CT molecular complexity index is 1180. The van der Waals surface area contributed by atoms with Gasteiger partial charge in [0.05, 0.1) is 0 Å². The number of alkyl halides is 9. The number of aliphatic carboxylic acids is 3. The van der Waals surface area contributed by atoms with Gasteiger partial charge in [0.25, 0.3) is 0 Å². The molecule has 2 aromatic rings. The summed E-state index contributed by atoms with van der Waals surface area (Å²) >= 11 is 1.71. The van der Waals surface area contributed by atoms with E-state index in [0.29, 0.717) is 6.04 Å². The molecular formula is C23H27F9N6O6S. The highest BCUT2D eigenvalue weighted by Crippen LogP contribution is 2.22. The Kier molecular flexibility index (Phi) is 14.9. The van der Waals surface area contributed by atoms with Crippen LogP contribution < -0.4 is 10.2 Å². The molecule has 1 unspecified atom stereocenters. The standard InChI is InChI=1S/C17H24N6S.3C2HF3O2/c1-22-5-7-23(8-6-22)17-20-11-13-10-14(2-3-15(13)21-17)19-12-16-18-4-9-24-16;3*3-2(4,5)1(6)7/h4,9,11,14,19H,2-3,5-8,10,12H2,1H3;3*(H,6,7). The molecule has 45 heavy (non-hydrogen) atoms. The molecule has 3 heterocycles. The van der Waals surface area contributed by atoms with Gasteiger partial charge in [0.2, 0.25) is 5.95 Å². The Balaban J connectivity index is 0.000000396. The molecule has 4 N–H and O–H groups in total. The van der Waals surface area contributed by atoms with Gasteiger partial charge >= 0.3 is 36.4 Å². The van der Waals surface area contributed by atoms with Crippen LogP contribution in [-0.2, 0) is 33.8 Å². The van der Waals surface area contributed by atoms with Crippen molar-refractivity contribution in [2.24, 2.45) is 0 Å². The smallest absolute Gasteiger partial charge is 0.475 e. The number of hydrogen-bond acceptors (Lipinski definition) is 10. The minimum Gasteiger partial charge on any atom is -0.475 e. The van der Waals surface area contributed by atoms with Crippen LogP contribution in [0.4, 0.5) is 45.5 Å². The van der Waals surface area contributed by atoms with Gasteiger partial charge in [0.15, 0.2) is 0 Å². The van der Waals surface area contributed by atoms with Gasteiger partial charge in [0, 0.05) is 62.2 Å². The lowest BCUT2D eigenvalue weighted by atomic mass is 9.93. The minimum atomic E-state index is -5.08. The molecule has 1 saturated heterocycles. The van der Waals surface area contributed by atoms with Crippen LogP contribution in [0.1, 0.15) is 22.7 Å². The van der Waals surface area contributed by atoms with Crippen molar-refractivity contribution < 1.29 is 69.2 Å². The zero-order valence-electron chi connectivity index (χ0n) is 23.1. The second-order valence-corrected chi connectivity index (χ2v) is 10.1. The van der Waals surface area contributed by atoms with E-state index in [-0.39, 0.29) is 0 Å². The van der Waals surface area contributed by atoms with E-state index < -0.39 is 36.4 Å². The first-order valence-corrected chi connectivity index (χ1v) is 13.3. The van der Waals surface area contributed by atoms with Gasteiger partial charge in [-0.05, 0) is 31.9 Å². The van der Waals surface area contributed by atoms with Crippen molar-refractivity contribution in [3.05, 3.63) is 34.0 Å². The van der Waals surface area contributed by atoms with Crippen LogP contribution in [-0.4, -0.2) is 111 Å².